The largest absolute Gasteiger partial charge is 0.503 e. The van der Waals surface area contributed by atoms with Crippen molar-refractivity contribution in [2.75, 3.05) is 6.61 Å². The van der Waals surface area contributed by atoms with Gasteiger partial charge in [-0.15, -0.1) is 0 Å². The average molecular weight is 234 g/mol. The van der Waals surface area contributed by atoms with Gasteiger partial charge in [0.15, 0.2) is 18.5 Å². The number of hydrogen-bond donors (Lipinski definition) is 1. The van der Waals surface area contributed by atoms with Crippen LogP contribution in [0.5, 0.6) is 11.5 Å². The lowest BCUT2D eigenvalue weighted by atomic mass is 10.3. The van der Waals surface area contributed by atoms with E-state index >= 15 is 0 Å². The summed E-state index contributed by atoms with van der Waals surface area (Å²) in [7, 11) is 0. The predicted molar refractivity (Wildman–Crippen MR) is 60.2 cm³/mol. The summed E-state index contributed by atoms with van der Waals surface area (Å²) in [6.45, 7) is 1.07. The number of aromatic hydroxyl groups is 1. The number of benzene rings is 1. The summed E-state index contributed by atoms with van der Waals surface area (Å²) in [5, 5.41) is 9.26. The van der Waals surface area contributed by atoms with Gasteiger partial charge in [-0.25, -0.2) is 4.39 Å². The fourth-order valence-corrected chi connectivity index (χ4v) is 1.45. The van der Waals surface area contributed by atoms with E-state index in [9.17, 15) is 9.50 Å². The highest BCUT2D eigenvalue weighted by Gasteiger charge is 2.02. The molecule has 1 heterocycles. The van der Waals surface area contributed by atoms with Gasteiger partial charge in [-0.2, -0.15) is 4.57 Å². The summed E-state index contributed by atoms with van der Waals surface area (Å²) in [5.74, 6) is 0.571. The first kappa shape index (κ1) is 11.4. The van der Waals surface area contributed by atoms with Gasteiger partial charge in [-0.1, -0.05) is 0 Å². The minimum absolute atomic E-state index is 0.217. The second kappa shape index (κ2) is 5.30. The molecule has 3 nitrogen and oxygen atoms in total. The fourth-order valence-electron chi connectivity index (χ4n) is 1.45. The fraction of sp³-hybridized carbons (Fsp3) is 0.154. The van der Waals surface area contributed by atoms with Crippen LogP contribution in [0.15, 0.2) is 48.8 Å². The van der Waals surface area contributed by atoms with E-state index in [-0.39, 0.29) is 11.6 Å². The second-order valence-electron chi connectivity index (χ2n) is 3.60. The molecule has 1 aromatic carbocycles. The maximum atomic E-state index is 12.6. The smallest absolute Gasteiger partial charge is 0.211 e. The van der Waals surface area contributed by atoms with Crippen molar-refractivity contribution in [1.29, 1.82) is 0 Å². The van der Waals surface area contributed by atoms with E-state index in [4.69, 9.17) is 4.74 Å². The maximum Gasteiger partial charge on any atom is 0.211 e. The molecule has 2 aromatic rings. The first-order valence-corrected chi connectivity index (χ1v) is 5.30. The van der Waals surface area contributed by atoms with Gasteiger partial charge in [-0.05, 0) is 30.3 Å². The van der Waals surface area contributed by atoms with Crippen molar-refractivity contribution in [3.63, 3.8) is 0 Å². The highest BCUT2D eigenvalue weighted by molar-refractivity contribution is 5.21. The molecule has 1 N–H and O–H groups in total. The average Bonchev–Trinajstić information content (AvgIpc) is 2.32. The quantitative estimate of drug-likeness (QED) is 0.820. The molecular formula is C13H13FNO2+. The highest BCUT2D eigenvalue weighted by Crippen LogP contribution is 2.10. The molecule has 4 heteroatoms. The molecule has 0 radical (unpaired) electrons. The summed E-state index contributed by atoms with van der Waals surface area (Å²) in [5.41, 5.74) is 0. The Balaban J connectivity index is 1.85. The highest BCUT2D eigenvalue weighted by atomic mass is 19.1. The maximum absolute atomic E-state index is 12.6. The van der Waals surface area contributed by atoms with Gasteiger partial charge >= 0.3 is 0 Å². The van der Waals surface area contributed by atoms with Crippen molar-refractivity contribution in [3.05, 3.63) is 54.6 Å². The first-order chi connectivity index (χ1) is 8.24. The van der Waals surface area contributed by atoms with Gasteiger partial charge in [0.2, 0.25) is 6.20 Å². The van der Waals surface area contributed by atoms with E-state index in [0.29, 0.717) is 18.9 Å². The summed E-state index contributed by atoms with van der Waals surface area (Å²) < 4.78 is 19.9. The lowest BCUT2D eigenvalue weighted by molar-refractivity contribution is -0.697. The van der Waals surface area contributed by atoms with Crippen LogP contribution in [0, 0.1) is 5.82 Å². The molecule has 0 aliphatic carbocycles. The number of pyridine rings is 1. The third-order valence-electron chi connectivity index (χ3n) is 2.27. The topological polar surface area (TPSA) is 33.3 Å². The zero-order valence-electron chi connectivity index (χ0n) is 9.21. The zero-order valence-corrected chi connectivity index (χ0v) is 9.21. The van der Waals surface area contributed by atoms with Gasteiger partial charge in [-0.3, -0.25) is 0 Å². The van der Waals surface area contributed by atoms with Crippen LogP contribution in [0.2, 0.25) is 0 Å². The third kappa shape index (κ3) is 3.45. The standard InChI is InChI=1S/C13H12FNO2/c14-11-3-5-13(6-4-11)17-9-8-15-7-1-2-12(16)10-15/h1-7,10H,8-9H2/p+1. The molecule has 0 unspecified atom stereocenters. The summed E-state index contributed by atoms with van der Waals surface area (Å²) >= 11 is 0. The van der Waals surface area contributed by atoms with Crippen LogP contribution in [0.3, 0.4) is 0 Å². The first-order valence-electron chi connectivity index (χ1n) is 5.30. The third-order valence-corrected chi connectivity index (χ3v) is 2.27. The van der Waals surface area contributed by atoms with Gasteiger partial charge in [0.05, 0.1) is 0 Å². The Kier molecular flexibility index (Phi) is 3.55. The number of rotatable bonds is 4. The van der Waals surface area contributed by atoms with Crippen molar-refractivity contribution in [3.8, 4) is 11.5 Å². The minimum atomic E-state index is -0.278. The van der Waals surface area contributed by atoms with Crippen LogP contribution in [-0.4, -0.2) is 11.7 Å². The molecule has 17 heavy (non-hydrogen) atoms. The molecule has 2 rings (SSSR count). The summed E-state index contributed by atoms with van der Waals surface area (Å²) in [6.07, 6.45) is 3.46. The Labute approximate surface area is 98.7 Å². The molecule has 1 aromatic heterocycles. The molecular weight excluding hydrogens is 221 g/mol. The zero-order chi connectivity index (χ0) is 12.1. The molecule has 0 amide bonds. The molecule has 0 saturated heterocycles. The van der Waals surface area contributed by atoms with Crippen LogP contribution in [0.1, 0.15) is 0 Å². The number of aromatic nitrogens is 1. The van der Waals surface area contributed by atoms with Crippen LogP contribution in [0.25, 0.3) is 0 Å². The monoisotopic (exact) mass is 234 g/mol. The summed E-state index contributed by atoms with van der Waals surface area (Å²) in [6, 6.07) is 9.25. The SMILES string of the molecule is Oc1ccc[n+](CCOc2ccc(F)cc2)c1. The molecule has 0 spiro atoms. The molecule has 0 bridgehead atoms. The van der Waals surface area contributed by atoms with E-state index in [2.05, 4.69) is 0 Å². The van der Waals surface area contributed by atoms with Crippen LogP contribution in [0.4, 0.5) is 4.39 Å². The van der Waals surface area contributed by atoms with Gasteiger partial charge < -0.3 is 9.84 Å². The predicted octanol–water partition coefficient (Wildman–Crippen LogP) is 1.90. The van der Waals surface area contributed by atoms with E-state index in [1.54, 1.807) is 30.5 Å². The molecule has 0 fully saturated rings. The molecule has 88 valence electrons. The Bertz CT molecular complexity index is 485. The Morgan fingerprint density at radius 1 is 1.18 bits per heavy atom. The van der Waals surface area contributed by atoms with Gasteiger partial charge in [0.1, 0.15) is 18.2 Å². The number of halogens is 1. The van der Waals surface area contributed by atoms with Gasteiger partial charge in [0, 0.05) is 6.07 Å². The van der Waals surface area contributed by atoms with Crippen molar-refractivity contribution in [1.82, 2.24) is 0 Å². The van der Waals surface area contributed by atoms with E-state index < -0.39 is 0 Å². The lowest BCUT2D eigenvalue weighted by Gasteiger charge is -2.03. The minimum Gasteiger partial charge on any atom is -0.503 e. The van der Waals surface area contributed by atoms with E-state index in [1.165, 1.54) is 12.1 Å². The van der Waals surface area contributed by atoms with E-state index in [0.717, 1.165) is 0 Å². The van der Waals surface area contributed by atoms with Crippen LogP contribution < -0.4 is 9.30 Å². The van der Waals surface area contributed by atoms with Crippen molar-refractivity contribution in [2.45, 2.75) is 6.54 Å². The Hall–Kier alpha value is -2.10. The molecule has 0 aliphatic rings. The number of nitrogens with zero attached hydrogens (tertiary/aromatic N) is 1. The van der Waals surface area contributed by atoms with Crippen molar-refractivity contribution in [2.24, 2.45) is 0 Å². The second-order valence-corrected chi connectivity index (χ2v) is 3.60. The Morgan fingerprint density at radius 2 is 1.94 bits per heavy atom. The molecule has 0 atom stereocenters. The van der Waals surface area contributed by atoms with Crippen LogP contribution in [-0.2, 0) is 6.54 Å². The molecule has 0 saturated carbocycles. The lowest BCUT2D eigenvalue weighted by Crippen LogP contribution is -2.35. The number of ether oxygens (including phenoxy) is 1. The number of hydrogen-bond acceptors (Lipinski definition) is 2. The Morgan fingerprint density at radius 3 is 2.65 bits per heavy atom. The normalized spacial score (nSPS) is 10.2. The van der Waals surface area contributed by atoms with Crippen LogP contribution >= 0.6 is 0 Å². The van der Waals surface area contributed by atoms with Crippen molar-refractivity contribution < 1.29 is 18.8 Å². The molecule has 0 aliphatic heterocycles. The van der Waals surface area contributed by atoms with Crippen molar-refractivity contribution >= 4 is 0 Å². The van der Waals surface area contributed by atoms with Gasteiger partial charge in [0.25, 0.3) is 0 Å². The van der Waals surface area contributed by atoms with E-state index in [1.807, 2.05) is 10.8 Å². The summed E-state index contributed by atoms with van der Waals surface area (Å²) in [4.78, 5) is 0.